The zero-order valence-electron chi connectivity index (χ0n) is 16.5. The second kappa shape index (κ2) is 9.23. The van der Waals surface area contributed by atoms with Crippen molar-refractivity contribution in [2.45, 2.75) is 83.8 Å². The largest absolute Gasteiger partial charge is 0.508 e. The molecule has 146 valence electrons. The van der Waals surface area contributed by atoms with Crippen LogP contribution in [0.3, 0.4) is 0 Å². The number of phenols is 1. The summed E-state index contributed by atoms with van der Waals surface area (Å²) < 4.78 is 6.12. The number of unbranched alkanes of at least 4 members (excludes halogenated alkanes) is 2. The number of aliphatic hydroxyl groups is 1. The average molecular weight is 361 g/mol. The van der Waals surface area contributed by atoms with E-state index in [9.17, 15) is 10.2 Å². The minimum atomic E-state index is -0.164. The molecule has 0 aliphatic heterocycles. The van der Waals surface area contributed by atoms with Crippen LogP contribution in [-0.2, 0) is 17.6 Å². The van der Waals surface area contributed by atoms with Gasteiger partial charge < -0.3 is 14.9 Å². The summed E-state index contributed by atoms with van der Waals surface area (Å²) in [5.74, 6) is 2.23. The van der Waals surface area contributed by atoms with Crippen LogP contribution in [-0.4, -0.2) is 29.0 Å². The molecule has 26 heavy (non-hydrogen) atoms. The van der Waals surface area contributed by atoms with Gasteiger partial charge in [-0.2, -0.15) is 0 Å². The third-order valence-corrected chi connectivity index (χ3v) is 6.69. The first-order chi connectivity index (χ1) is 12.6. The van der Waals surface area contributed by atoms with E-state index in [1.54, 1.807) is 0 Å². The van der Waals surface area contributed by atoms with Gasteiger partial charge in [0, 0.05) is 6.61 Å². The Labute approximate surface area is 158 Å². The lowest BCUT2D eigenvalue weighted by atomic mass is 9.73. The Morgan fingerprint density at radius 3 is 2.77 bits per heavy atom. The second-order valence-corrected chi connectivity index (χ2v) is 8.37. The van der Waals surface area contributed by atoms with Gasteiger partial charge in [0.2, 0.25) is 0 Å². The number of aromatic hydroxyl groups is 1. The van der Waals surface area contributed by atoms with Gasteiger partial charge in [-0.15, -0.1) is 0 Å². The normalized spacial score (nSPS) is 28.6. The highest BCUT2D eigenvalue weighted by Crippen LogP contribution is 2.49. The highest BCUT2D eigenvalue weighted by molar-refractivity contribution is 5.42. The highest BCUT2D eigenvalue weighted by Gasteiger charge is 2.45. The van der Waals surface area contributed by atoms with Crippen LogP contribution in [0, 0.1) is 17.8 Å². The quantitative estimate of drug-likeness (QED) is 0.618. The van der Waals surface area contributed by atoms with Gasteiger partial charge in [0.25, 0.3) is 0 Å². The van der Waals surface area contributed by atoms with Crippen molar-refractivity contribution in [3.05, 3.63) is 29.3 Å². The van der Waals surface area contributed by atoms with Crippen LogP contribution in [0.4, 0.5) is 0 Å². The Kier molecular flexibility index (Phi) is 6.99. The maximum Gasteiger partial charge on any atom is 0.119 e. The summed E-state index contributed by atoms with van der Waals surface area (Å²) in [5, 5.41) is 20.6. The van der Waals surface area contributed by atoms with Gasteiger partial charge in [-0.05, 0) is 80.4 Å². The Bertz CT molecular complexity index is 571. The fraction of sp³-hybridized carbons (Fsp3) is 0.739. The smallest absolute Gasteiger partial charge is 0.119 e. The predicted molar refractivity (Wildman–Crippen MR) is 105 cm³/mol. The fourth-order valence-corrected chi connectivity index (χ4v) is 5.35. The van der Waals surface area contributed by atoms with Crippen molar-refractivity contribution in [2.24, 2.45) is 17.8 Å². The molecule has 0 spiro atoms. The topological polar surface area (TPSA) is 49.7 Å². The van der Waals surface area contributed by atoms with Gasteiger partial charge in [0.05, 0.1) is 12.2 Å². The van der Waals surface area contributed by atoms with E-state index < -0.39 is 0 Å². The van der Waals surface area contributed by atoms with E-state index in [-0.39, 0.29) is 6.10 Å². The summed E-state index contributed by atoms with van der Waals surface area (Å²) >= 11 is 0. The third-order valence-electron chi connectivity index (χ3n) is 6.69. The molecule has 3 nitrogen and oxygen atoms in total. The number of phenolic OH excluding ortho intramolecular Hbond substituents is 1. The lowest BCUT2D eigenvalue weighted by Gasteiger charge is -2.32. The molecule has 0 saturated heterocycles. The average Bonchev–Trinajstić information content (AvgIpc) is 2.96. The van der Waals surface area contributed by atoms with Crippen LogP contribution < -0.4 is 0 Å². The molecule has 1 aromatic rings. The molecule has 5 atom stereocenters. The Morgan fingerprint density at radius 2 is 2.00 bits per heavy atom. The van der Waals surface area contributed by atoms with E-state index in [1.807, 2.05) is 12.1 Å². The summed E-state index contributed by atoms with van der Waals surface area (Å²) in [6.07, 6.45) is 9.73. The molecule has 0 aromatic heterocycles. The SMILES string of the molecule is CCCCC[C@@H](O)CC[C@@H]1[C@H]2Cc3cccc(O)c3C[C@H]2C[C@H]1OCC. The highest BCUT2D eigenvalue weighted by atomic mass is 16.5. The van der Waals surface area contributed by atoms with E-state index in [0.717, 1.165) is 57.1 Å². The molecule has 0 bridgehead atoms. The van der Waals surface area contributed by atoms with Crippen LogP contribution in [0.25, 0.3) is 0 Å². The first-order valence-corrected chi connectivity index (χ1v) is 10.7. The number of hydrogen-bond donors (Lipinski definition) is 2. The minimum Gasteiger partial charge on any atom is -0.508 e. The molecular weight excluding hydrogens is 324 g/mol. The zero-order valence-corrected chi connectivity index (χ0v) is 16.5. The molecule has 1 saturated carbocycles. The molecule has 1 fully saturated rings. The molecule has 3 rings (SSSR count). The van der Waals surface area contributed by atoms with Crippen molar-refractivity contribution in [1.82, 2.24) is 0 Å². The van der Waals surface area contributed by atoms with E-state index in [1.165, 1.54) is 18.4 Å². The molecule has 0 radical (unpaired) electrons. The molecule has 0 amide bonds. The van der Waals surface area contributed by atoms with Crippen LogP contribution in [0.1, 0.15) is 69.9 Å². The van der Waals surface area contributed by atoms with E-state index in [2.05, 4.69) is 19.9 Å². The molecular formula is C23H36O3. The van der Waals surface area contributed by atoms with E-state index >= 15 is 0 Å². The van der Waals surface area contributed by atoms with Crippen molar-refractivity contribution < 1.29 is 14.9 Å². The first kappa shape index (κ1) is 19.7. The molecule has 2 aliphatic carbocycles. The predicted octanol–water partition coefficient (Wildman–Crippen LogP) is 4.87. The number of rotatable bonds is 9. The monoisotopic (exact) mass is 360 g/mol. The molecule has 0 unspecified atom stereocenters. The second-order valence-electron chi connectivity index (χ2n) is 8.37. The summed E-state index contributed by atoms with van der Waals surface area (Å²) in [7, 11) is 0. The van der Waals surface area contributed by atoms with Crippen molar-refractivity contribution in [3.63, 3.8) is 0 Å². The van der Waals surface area contributed by atoms with Crippen molar-refractivity contribution in [2.75, 3.05) is 6.61 Å². The Morgan fingerprint density at radius 1 is 1.15 bits per heavy atom. The van der Waals surface area contributed by atoms with Crippen LogP contribution in [0.2, 0.25) is 0 Å². The summed E-state index contributed by atoms with van der Waals surface area (Å²) in [4.78, 5) is 0. The zero-order chi connectivity index (χ0) is 18.5. The third kappa shape index (κ3) is 4.43. The summed E-state index contributed by atoms with van der Waals surface area (Å²) in [6, 6.07) is 5.96. The number of hydrogen-bond acceptors (Lipinski definition) is 3. The lowest BCUT2D eigenvalue weighted by Crippen LogP contribution is -2.28. The minimum absolute atomic E-state index is 0.164. The van der Waals surface area contributed by atoms with Gasteiger partial charge in [-0.1, -0.05) is 38.3 Å². The summed E-state index contributed by atoms with van der Waals surface area (Å²) in [6.45, 7) is 5.05. The van der Waals surface area contributed by atoms with Gasteiger partial charge in [-0.3, -0.25) is 0 Å². The van der Waals surface area contributed by atoms with Crippen LogP contribution in [0.15, 0.2) is 18.2 Å². The van der Waals surface area contributed by atoms with Gasteiger partial charge in [0.15, 0.2) is 0 Å². The van der Waals surface area contributed by atoms with E-state index in [0.29, 0.717) is 29.6 Å². The first-order valence-electron chi connectivity index (χ1n) is 10.7. The van der Waals surface area contributed by atoms with E-state index in [4.69, 9.17) is 4.74 Å². The molecule has 2 N–H and O–H groups in total. The fourth-order valence-electron chi connectivity index (χ4n) is 5.35. The van der Waals surface area contributed by atoms with Gasteiger partial charge in [0.1, 0.15) is 5.75 Å². The Balaban J connectivity index is 1.65. The molecule has 3 heteroatoms. The maximum absolute atomic E-state index is 10.4. The molecule has 2 aliphatic rings. The lowest BCUT2D eigenvalue weighted by molar-refractivity contribution is 0.0191. The van der Waals surface area contributed by atoms with Crippen molar-refractivity contribution >= 4 is 0 Å². The van der Waals surface area contributed by atoms with Crippen molar-refractivity contribution in [3.8, 4) is 5.75 Å². The van der Waals surface area contributed by atoms with Crippen LogP contribution >= 0.6 is 0 Å². The number of ether oxygens (including phenoxy) is 1. The molecule has 1 aromatic carbocycles. The Hall–Kier alpha value is -1.06. The number of fused-ring (bicyclic) bond motifs is 2. The van der Waals surface area contributed by atoms with Crippen molar-refractivity contribution in [1.29, 1.82) is 0 Å². The molecule has 0 heterocycles. The maximum atomic E-state index is 10.4. The van der Waals surface area contributed by atoms with Gasteiger partial charge >= 0.3 is 0 Å². The van der Waals surface area contributed by atoms with Crippen LogP contribution in [0.5, 0.6) is 5.75 Å². The van der Waals surface area contributed by atoms with Gasteiger partial charge in [-0.25, -0.2) is 0 Å². The number of benzene rings is 1. The standard InChI is InChI=1S/C23H36O3/c1-3-5-6-9-18(24)11-12-19-20-13-16-8-7-10-22(25)21(16)14-17(20)15-23(19)26-4-2/h7-8,10,17-20,23-25H,3-6,9,11-15H2,1-2H3/t17-,18+,19+,20-,23+/m0/s1. The number of aliphatic hydroxyl groups excluding tert-OH is 1. The summed E-state index contributed by atoms with van der Waals surface area (Å²) in [5.41, 5.74) is 2.47.